The number of aromatic nitrogens is 3. The first-order chi connectivity index (χ1) is 21.0. The molecule has 1 aromatic heterocycles. The number of aromatic amines is 1. The van der Waals surface area contributed by atoms with Crippen LogP contribution < -0.4 is 35.6 Å². The van der Waals surface area contributed by atoms with Crippen LogP contribution in [0.25, 0.3) is 11.1 Å². The summed E-state index contributed by atoms with van der Waals surface area (Å²) in [7, 11) is 4.65. The number of aryl methyl sites for hydroxylation is 1. The van der Waals surface area contributed by atoms with E-state index < -0.39 is 12.1 Å². The average molecular weight is 607 g/mol. The molecule has 0 aliphatic heterocycles. The van der Waals surface area contributed by atoms with Crippen molar-refractivity contribution in [2.75, 3.05) is 32.0 Å². The van der Waals surface area contributed by atoms with Gasteiger partial charge in [0, 0.05) is 18.4 Å². The van der Waals surface area contributed by atoms with Crippen LogP contribution in [0.1, 0.15) is 76.4 Å². The molecule has 4 N–H and O–H groups in total. The Hall–Kier alpha value is -4.61. The van der Waals surface area contributed by atoms with Gasteiger partial charge < -0.3 is 24.8 Å². The van der Waals surface area contributed by atoms with Crippen molar-refractivity contribution >= 4 is 23.5 Å². The number of rotatable bonds is 11. The number of fused-ring (bicyclic) bond motifs is 3. The number of benzene rings is 1. The summed E-state index contributed by atoms with van der Waals surface area (Å²) in [5.41, 5.74) is 2.91. The van der Waals surface area contributed by atoms with Crippen molar-refractivity contribution in [1.29, 1.82) is 0 Å². The number of nitrogens with one attached hydrogen (secondary N) is 4. The van der Waals surface area contributed by atoms with Crippen LogP contribution in [0.5, 0.6) is 17.2 Å². The zero-order valence-corrected chi connectivity index (χ0v) is 26.6. The highest BCUT2D eigenvalue weighted by atomic mass is 16.5. The number of methoxy groups -OCH3 is 3. The van der Waals surface area contributed by atoms with Gasteiger partial charge in [-0.3, -0.25) is 24.8 Å². The van der Waals surface area contributed by atoms with Gasteiger partial charge in [0.1, 0.15) is 11.9 Å². The highest BCUT2D eigenvalue weighted by Crippen LogP contribution is 2.50. The normalized spacial score (nSPS) is 14.6. The highest BCUT2D eigenvalue weighted by molar-refractivity contribution is 5.95. The Morgan fingerprint density at radius 3 is 2.36 bits per heavy atom. The third-order valence-corrected chi connectivity index (χ3v) is 7.55. The summed E-state index contributed by atoms with van der Waals surface area (Å²) in [5, 5.41) is 15.9. The molecule has 0 fully saturated rings. The van der Waals surface area contributed by atoms with E-state index in [0.717, 1.165) is 11.1 Å². The van der Waals surface area contributed by atoms with Gasteiger partial charge in [-0.05, 0) is 60.1 Å². The molecule has 0 spiro atoms. The number of anilines is 2. The van der Waals surface area contributed by atoms with Crippen molar-refractivity contribution in [3.05, 3.63) is 51.4 Å². The van der Waals surface area contributed by atoms with Crippen LogP contribution in [0.3, 0.4) is 0 Å². The third kappa shape index (κ3) is 6.95. The lowest BCUT2D eigenvalue weighted by Crippen LogP contribution is -2.37. The van der Waals surface area contributed by atoms with Crippen LogP contribution in [0.4, 0.5) is 11.6 Å². The molecule has 4 rings (SSSR count). The van der Waals surface area contributed by atoms with Gasteiger partial charge >= 0.3 is 0 Å². The molecule has 1 aliphatic carbocycles. The minimum absolute atomic E-state index is 0.117. The first-order valence-electron chi connectivity index (χ1n) is 14.7. The first kappa shape index (κ1) is 32.3. The van der Waals surface area contributed by atoms with Gasteiger partial charge in [-0.15, -0.1) is 5.10 Å². The van der Waals surface area contributed by atoms with Crippen LogP contribution in [0.2, 0.25) is 0 Å². The number of ether oxygens (including phenoxy) is 3. The maximum Gasteiger partial charge on any atom is 0.249 e. The predicted molar refractivity (Wildman–Crippen MR) is 169 cm³/mol. The number of hydrogen-bond acceptors (Lipinski definition) is 9. The average Bonchev–Trinajstić information content (AvgIpc) is 3.32. The van der Waals surface area contributed by atoms with Gasteiger partial charge in [0.15, 0.2) is 11.5 Å². The standard InChI is InChI=1S/C32H42N6O6/c1-16(2)13-24(31(41)36-32-35-30(17(3)4)37-38-32)34-23-12-10-20-21(15-25(23)40)22(33-18(5)39)11-9-19-14-26(42-6)28(43-7)29(44-8)27(19)20/h10,12,14-17,22,24H,9,11,13H2,1-8H3,(H,33,39)(H,34,40)(H2,35,36,37,38,41)/t22-,24-/m0/s1. The van der Waals surface area contributed by atoms with Crippen LogP contribution in [0.15, 0.2) is 29.1 Å². The Bertz CT molecular complexity index is 1580. The lowest BCUT2D eigenvalue weighted by Gasteiger charge is -2.20. The topological polar surface area (TPSA) is 157 Å². The molecular formula is C32H42N6O6. The van der Waals surface area contributed by atoms with E-state index in [9.17, 15) is 14.4 Å². The van der Waals surface area contributed by atoms with Crippen LogP contribution >= 0.6 is 0 Å². The highest BCUT2D eigenvalue weighted by Gasteiger charge is 2.30. The summed E-state index contributed by atoms with van der Waals surface area (Å²) >= 11 is 0. The molecule has 12 nitrogen and oxygen atoms in total. The van der Waals surface area contributed by atoms with Crippen molar-refractivity contribution in [3.8, 4) is 28.4 Å². The molecule has 0 saturated carbocycles. The monoisotopic (exact) mass is 606 g/mol. The Morgan fingerprint density at radius 1 is 1.05 bits per heavy atom. The van der Waals surface area contributed by atoms with Crippen LogP contribution in [-0.2, 0) is 16.0 Å². The molecule has 2 amide bonds. The second-order valence-corrected chi connectivity index (χ2v) is 11.6. The fraction of sp³-hybridized carbons (Fsp3) is 0.469. The van der Waals surface area contributed by atoms with Crippen molar-refractivity contribution in [2.45, 2.75) is 71.9 Å². The molecule has 3 aromatic rings. The largest absolute Gasteiger partial charge is 0.493 e. The lowest BCUT2D eigenvalue weighted by atomic mass is 9.95. The van der Waals surface area contributed by atoms with Crippen molar-refractivity contribution in [2.24, 2.45) is 5.92 Å². The molecule has 44 heavy (non-hydrogen) atoms. The molecule has 0 radical (unpaired) electrons. The smallest absolute Gasteiger partial charge is 0.249 e. The van der Waals surface area contributed by atoms with Gasteiger partial charge in [-0.25, -0.2) is 0 Å². The van der Waals surface area contributed by atoms with Crippen molar-refractivity contribution in [3.63, 3.8) is 0 Å². The van der Waals surface area contributed by atoms with Gasteiger partial charge in [0.05, 0.1) is 33.1 Å². The molecule has 2 aromatic carbocycles. The summed E-state index contributed by atoms with van der Waals surface area (Å²) in [6.45, 7) is 9.39. The maximum absolute atomic E-state index is 13.8. The van der Waals surface area contributed by atoms with E-state index in [1.54, 1.807) is 20.3 Å². The molecule has 0 unspecified atom stereocenters. The van der Waals surface area contributed by atoms with E-state index in [4.69, 9.17) is 14.2 Å². The van der Waals surface area contributed by atoms with E-state index in [1.165, 1.54) is 20.1 Å². The maximum atomic E-state index is 13.8. The Kier molecular flexibility index (Phi) is 10.1. The van der Waals surface area contributed by atoms with Gasteiger partial charge in [-0.1, -0.05) is 33.8 Å². The fourth-order valence-electron chi connectivity index (χ4n) is 5.50. The second kappa shape index (κ2) is 13.8. The fourth-order valence-corrected chi connectivity index (χ4v) is 5.50. The Balaban J connectivity index is 1.82. The van der Waals surface area contributed by atoms with E-state index in [-0.39, 0.29) is 40.7 Å². The minimum Gasteiger partial charge on any atom is -0.493 e. The summed E-state index contributed by atoms with van der Waals surface area (Å²) in [6, 6.07) is 5.72. The number of nitrogens with zero attached hydrogens (tertiary/aromatic N) is 2. The Morgan fingerprint density at radius 2 is 1.77 bits per heavy atom. The van der Waals surface area contributed by atoms with Crippen molar-refractivity contribution in [1.82, 2.24) is 20.5 Å². The molecule has 2 atom stereocenters. The van der Waals surface area contributed by atoms with E-state index in [2.05, 4.69) is 31.1 Å². The van der Waals surface area contributed by atoms with E-state index in [0.29, 0.717) is 53.5 Å². The van der Waals surface area contributed by atoms with E-state index >= 15 is 0 Å². The predicted octanol–water partition coefficient (Wildman–Crippen LogP) is 4.57. The number of H-pyrrole nitrogens is 1. The van der Waals surface area contributed by atoms with Gasteiger partial charge in [0.2, 0.25) is 28.9 Å². The van der Waals surface area contributed by atoms with Gasteiger partial charge in [0.25, 0.3) is 0 Å². The quantitative estimate of drug-likeness (QED) is 0.245. The molecular weight excluding hydrogens is 564 g/mol. The summed E-state index contributed by atoms with van der Waals surface area (Å²) in [5.74, 6) is 1.92. The lowest BCUT2D eigenvalue weighted by molar-refractivity contribution is -0.120. The molecule has 236 valence electrons. The number of carbonyl (C=O) groups excluding carboxylic acids is 2. The second-order valence-electron chi connectivity index (χ2n) is 11.6. The van der Waals surface area contributed by atoms with E-state index in [1.807, 2.05) is 39.8 Å². The molecule has 1 heterocycles. The molecule has 1 aliphatic rings. The zero-order chi connectivity index (χ0) is 32.1. The van der Waals surface area contributed by atoms with Crippen LogP contribution in [-0.4, -0.2) is 54.4 Å². The van der Waals surface area contributed by atoms with Gasteiger partial charge in [-0.2, -0.15) is 4.98 Å². The first-order valence-corrected chi connectivity index (χ1v) is 14.7. The number of hydrogen-bond donors (Lipinski definition) is 4. The molecule has 0 bridgehead atoms. The summed E-state index contributed by atoms with van der Waals surface area (Å²) in [6.07, 6.45) is 1.58. The number of carbonyl (C=O) groups is 2. The third-order valence-electron chi connectivity index (χ3n) is 7.55. The summed E-state index contributed by atoms with van der Waals surface area (Å²) in [4.78, 5) is 43.8. The minimum atomic E-state index is -0.747. The number of amides is 2. The Labute approximate surface area is 257 Å². The van der Waals surface area contributed by atoms with Crippen molar-refractivity contribution < 1.29 is 23.8 Å². The zero-order valence-electron chi connectivity index (χ0n) is 26.6. The molecule has 12 heteroatoms. The van der Waals surface area contributed by atoms with Crippen LogP contribution in [0, 0.1) is 5.92 Å². The SMILES string of the molecule is COc1cc2c(c(OC)c1OC)-c1ccc(N[C@@H](CC(C)C)C(=O)Nc3n[nH]c(C(C)C)n3)c(=O)cc1[C@@H](NC(C)=O)CC2. The summed E-state index contributed by atoms with van der Waals surface area (Å²) < 4.78 is 17.1. The molecule has 0 saturated heterocycles.